The lowest BCUT2D eigenvalue weighted by atomic mass is 10.1. The fourth-order valence-electron chi connectivity index (χ4n) is 3.50. The van der Waals surface area contributed by atoms with Gasteiger partial charge in [0.15, 0.2) is 22.8 Å². The van der Waals surface area contributed by atoms with Crippen molar-refractivity contribution in [2.24, 2.45) is 0 Å². The largest absolute Gasteiger partial charge is 0.493 e. The first-order chi connectivity index (χ1) is 13.6. The molecule has 3 aromatic rings. The maximum Gasteiger partial charge on any atom is 0.274 e. The Morgan fingerprint density at radius 2 is 2.00 bits per heavy atom. The van der Waals surface area contributed by atoms with Crippen LogP contribution in [0.25, 0.3) is 16.9 Å². The summed E-state index contributed by atoms with van der Waals surface area (Å²) >= 11 is 0. The SMILES string of the molecule is COc1ccc(-c2ccnc3cc(C(=O)N4CCNC[C@@H]4C)nn23)cc1OC. The number of nitrogens with zero attached hydrogens (tertiary/aromatic N) is 4. The molecular weight excluding hydrogens is 358 g/mol. The standard InChI is InChI=1S/C20H23N5O3/c1-13-12-21-8-9-24(13)20(26)15-11-19-22-7-6-16(25(19)23-15)14-4-5-17(27-2)18(10-14)28-3/h4-7,10-11,13,21H,8-9,12H2,1-3H3/t13-/m0/s1. The molecule has 0 aliphatic carbocycles. The van der Waals surface area contributed by atoms with Gasteiger partial charge in [-0.1, -0.05) is 0 Å². The predicted octanol–water partition coefficient (Wildman–Crippen LogP) is 1.85. The Morgan fingerprint density at radius 3 is 2.75 bits per heavy atom. The van der Waals surface area contributed by atoms with Gasteiger partial charge in [0, 0.05) is 43.5 Å². The lowest BCUT2D eigenvalue weighted by Gasteiger charge is -2.33. The van der Waals surface area contributed by atoms with Crippen molar-refractivity contribution in [3.05, 3.63) is 42.2 Å². The maximum atomic E-state index is 13.0. The van der Waals surface area contributed by atoms with Crippen LogP contribution in [0.3, 0.4) is 0 Å². The second-order valence-electron chi connectivity index (χ2n) is 6.75. The number of nitrogens with one attached hydrogen (secondary N) is 1. The molecule has 0 radical (unpaired) electrons. The highest BCUT2D eigenvalue weighted by Crippen LogP contribution is 2.32. The van der Waals surface area contributed by atoms with Gasteiger partial charge < -0.3 is 19.7 Å². The number of aromatic nitrogens is 3. The number of benzene rings is 1. The molecule has 4 rings (SSSR count). The minimum absolute atomic E-state index is 0.0715. The number of rotatable bonds is 4. The van der Waals surface area contributed by atoms with Crippen LogP contribution in [0.1, 0.15) is 17.4 Å². The van der Waals surface area contributed by atoms with Gasteiger partial charge in [0.25, 0.3) is 5.91 Å². The van der Waals surface area contributed by atoms with Gasteiger partial charge in [0.05, 0.1) is 19.9 Å². The third kappa shape index (κ3) is 3.16. The van der Waals surface area contributed by atoms with Crippen molar-refractivity contribution in [1.29, 1.82) is 0 Å². The molecule has 2 aromatic heterocycles. The average Bonchev–Trinajstić information content (AvgIpc) is 3.17. The van der Waals surface area contributed by atoms with Crippen molar-refractivity contribution >= 4 is 11.6 Å². The summed E-state index contributed by atoms with van der Waals surface area (Å²) in [7, 11) is 3.20. The third-order valence-corrected chi connectivity index (χ3v) is 5.02. The van der Waals surface area contributed by atoms with Crippen molar-refractivity contribution in [2.75, 3.05) is 33.9 Å². The van der Waals surface area contributed by atoms with E-state index >= 15 is 0 Å². The van der Waals surface area contributed by atoms with Gasteiger partial charge in [-0.25, -0.2) is 9.50 Å². The molecule has 0 saturated carbocycles. The summed E-state index contributed by atoms with van der Waals surface area (Å²) in [6.07, 6.45) is 1.71. The predicted molar refractivity (Wildman–Crippen MR) is 105 cm³/mol. The maximum absolute atomic E-state index is 13.0. The zero-order chi connectivity index (χ0) is 19.7. The van der Waals surface area contributed by atoms with Crippen molar-refractivity contribution in [3.8, 4) is 22.8 Å². The van der Waals surface area contributed by atoms with Gasteiger partial charge in [-0.2, -0.15) is 5.10 Å². The summed E-state index contributed by atoms with van der Waals surface area (Å²) < 4.78 is 12.4. The third-order valence-electron chi connectivity index (χ3n) is 5.02. The molecule has 8 heteroatoms. The first-order valence-corrected chi connectivity index (χ1v) is 9.21. The molecule has 0 spiro atoms. The number of methoxy groups -OCH3 is 2. The lowest BCUT2D eigenvalue weighted by Crippen LogP contribution is -2.52. The van der Waals surface area contributed by atoms with E-state index in [1.807, 2.05) is 36.1 Å². The Kier molecular flexibility index (Phi) is 4.87. The molecule has 1 saturated heterocycles. The first-order valence-electron chi connectivity index (χ1n) is 9.21. The zero-order valence-corrected chi connectivity index (χ0v) is 16.2. The fraction of sp³-hybridized carbons (Fsp3) is 0.350. The first kappa shape index (κ1) is 18.2. The van der Waals surface area contributed by atoms with Crippen LogP contribution in [0, 0.1) is 0 Å². The highest BCUT2D eigenvalue weighted by Gasteiger charge is 2.26. The Labute approximate surface area is 163 Å². The Balaban J connectivity index is 1.74. The van der Waals surface area contributed by atoms with E-state index in [4.69, 9.17) is 9.47 Å². The summed E-state index contributed by atoms with van der Waals surface area (Å²) in [5.74, 6) is 1.21. The van der Waals surface area contributed by atoms with Crippen LogP contribution in [0.15, 0.2) is 36.5 Å². The molecule has 1 N–H and O–H groups in total. The monoisotopic (exact) mass is 381 g/mol. The minimum Gasteiger partial charge on any atom is -0.493 e. The molecule has 1 aliphatic rings. The summed E-state index contributed by atoms with van der Waals surface area (Å²) in [6, 6.07) is 9.39. The van der Waals surface area contributed by atoms with Crippen molar-refractivity contribution in [1.82, 2.24) is 24.8 Å². The highest BCUT2D eigenvalue weighted by atomic mass is 16.5. The lowest BCUT2D eigenvalue weighted by molar-refractivity contribution is 0.0649. The molecule has 1 fully saturated rings. The summed E-state index contributed by atoms with van der Waals surface area (Å²) in [6.45, 7) is 4.28. The molecule has 0 bridgehead atoms. The van der Waals surface area contributed by atoms with Crippen molar-refractivity contribution in [3.63, 3.8) is 0 Å². The van der Waals surface area contributed by atoms with Gasteiger partial charge >= 0.3 is 0 Å². The Bertz CT molecular complexity index is 1020. The van der Waals surface area contributed by atoms with Crippen molar-refractivity contribution < 1.29 is 14.3 Å². The van der Waals surface area contributed by atoms with Crippen LogP contribution in [-0.4, -0.2) is 65.3 Å². The van der Waals surface area contributed by atoms with Crippen LogP contribution in [0.4, 0.5) is 0 Å². The molecule has 146 valence electrons. The Hall–Kier alpha value is -3.13. The molecular formula is C20H23N5O3. The molecule has 0 unspecified atom stereocenters. The van der Waals surface area contributed by atoms with E-state index in [1.54, 1.807) is 31.0 Å². The van der Waals surface area contributed by atoms with E-state index in [0.717, 1.165) is 24.3 Å². The minimum atomic E-state index is -0.0715. The molecule has 28 heavy (non-hydrogen) atoms. The topological polar surface area (TPSA) is 81.0 Å². The van der Waals surface area contributed by atoms with Crippen LogP contribution < -0.4 is 14.8 Å². The molecule has 1 amide bonds. The van der Waals surface area contributed by atoms with Gasteiger partial charge in [0.1, 0.15) is 0 Å². The summed E-state index contributed by atoms with van der Waals surface area (Å²) in [5, 5.41) is 7.86. The number of hydrogen-bond donors (Lipinski definition) is 1. The van der Waals surface area contributed by atoms with E-state index in [0.29, 0.717) is 29.4 Å². The number of amides is 1. The van der Waals surface area contributed by atoms with Crippen LogP contribution in [-0.2, 0) is 0 Å². The van der Waals surface area contributed by atoms with Crippen LogP contribution in [0.5, 0.6) is 11.5 Å². The quantitative estimate of drug-likeness (QED) is 0.743. The number of piperazine rings is 1. The summed E-state index contributed by atoms with van der Waals surface area (Å²) in [5.41, 5.74) is 2.73. The molecule has 3 heterocycles. The smallest absolute Gasteiger partial charge is 0.274 e. The zero-order valence-electron chi connectivity index (χ0n) is 16.2. The second-order valence-corrected chi connectivity index (χ2v) is 6.75. The van der Waals surface area contributed by atoms with Gasteiger partial charge in [-0.05, 0) is 31.2 Å². The second kappa shape index (κ2) is 7.47. The Morgan fingerprint density at radius 1 is 1.18 bits per heavy atom. The van der Waals surface area contributed by atoms with E-state index in [2.05, 4.69) is 15.4 Å². The van der Waals surface area contributed by atoms with Gasteiger partial charge in [-0.15, -0.1) is 0 Å². The summed E-state index contributed by atoms with van der Waals surface area (Å²) in [4.78, 5) is 19.2. The normalized spacial score (nSPS) is 17.0. The van der Waals surface area contributed by atoms with Crippen LogP contribution >= 0.6 is 0 Å². The number of hydrogen-bond acceptors (Lipinski definition) is 6. The highest BCUT2D eigenvalue weighted by molar-refractivity contribution is 5.93. The number of carbonyl (C=O) groups is 1. The van der Waals surface area contributed by atoms with E-state index in [-0.39, 0.29) is 11.9 Å². The van der Waals surface area contributed by atoms with Crippen LogP contribution in [0.2, 0.25) is 0 Å². The van der Waals surface area contributed by atoms with E-state index < -0.39 is 0 Å². The molecule has 1 aromatic carbocycles. The molecule has 8 nitrogen and oxygen atoms in total. The van der Waals surface area contributed by atoms with Crippen molar-refractivity contribution in [2.45, 2.75) is 13.0 Å². The van der Waals surface area contributed by atoms with E-state index in [1.165, 1.54) is 0 Å². The average molecular weight is 381 g/mol. The number of carbonyl (C=O) groups excluding carboxylic acids is 1. The number of ether oxygens (including phenoxy) is 2. The van der Waals surface area contributed by atoms with Gasteiger partial charge in [-0.3, -0.25) is 4.79 Å². The number of fused-ring (bicyclic) bond motifs is 1. The van der Waals surface area contributed by atoms with Gasteiger partial charge in [0.2, 0.25) is 0 Å². The van der Waals surface area contributed by atoms with E-state index in [9.17, 15) is 4.79 Å². The molecule has 1 atom stereocenters. The molecule has 1 aliphatic heterocycles. The fourth-order valence-corrected chi connectivity index (χ4v) is 3.50.